The standard InChI is InChI=1S/C22H29NO6/c1-4-11-29-21(25)19-12-18(22(26,5-2)15-24)17(20(23-19)27-3)14-28-13-16-9-7-6-8-10-16/h6-10,12,24,26H,4-5,11,13-15H2,1-3H3. The van der Waals surface area contributed by atoms with E-state index in [1.807, 2.05) is 37.3 Å². The molecule has 7 nitrogen and oxygen atoms in total. The molecule has 7 heteroatoms. The van der Waals surface area contributed by atoms with Crippen LogP contribution < -0.4 is 4.74 Å². The van der Waals surface area contributed by atoms with E-state index in [0.717, 1.165) is 5.56 Å². The molecule has 0 aliphatic carbocycles. The Morgan fingerprint density at radius 2 is 1.90 bits per heavy atom. The van der Waals surface area contributed by atoms with Crippen molar-refractivity contribution < 1.29 is 29.2 Å². The Labute approximate surface area is 171 Å². The van der Waals surface area contributed by atoms with Crippen molar-refractivity contribution in [1.82, 2.24) is 4.98 Å². The molecule has 0 aliphatic rings. The van der Waals surface area contributed by atoms with Crippen molar-refractivity contribution in [3.63, 3.8) is 0 Å². The van der Waals surface area contributed by atoms with E-state index < -0.39 is 18.2 Å². The van der Waals surface area contributed by atoms with E-state index in [2.05, 4.69) is 4.98 Å². The Morgan fingerprint density at radius 3 is 2.48 bits per heavy atom. The highest BCUT2D eigenvalue weighted by molar-refractivity contribution is 5.88. The molecule has 0 radical (unpaired) electrons. The molecule has 0 saturated heterocycles. The zero-order valence-electron chi connectivity index (χ0n) is 17.2. The summed E-state index contributed by atoms with van der Waals surface area (Å²) < 4.78 is 16.3. The minimum atomic E-state index is -1.57. The fourth-order valence-corrected chi connectivity index (χ4v) is 2.88. The molecule has 29 heavy (non-hydrogen) atoms. The number of rotatable bonds is 11. The largest absolute Gasteiger partial charge is 0.481 e. The summed E-state index contributed by atoms with van der Waals surface area (Å²) in [5.41, 5.74) is 0.257. The van der Waals surface area contributed by atoms with Gasteiger partial charge in [0.15, 0.2) is 5.69 Å². The number of aromatic nitrogens is 1. The lowest BCUT2D eigenvalue weighted by molar-refractivity contribution is -0.0249. The van der Waals surface area contributed by atoms with E-state index in [9.17, 15) is 15.0 Å². The number of methoxy groups -OCH3 is 1. The summed E-state index contributed by atoms with van der Waals surface area (Å²) in [5, 5.41) is 20.8. The second kappa shape index (κ2) is 10.9. The van der Waals surface area contributed by atoms with E-state index in [-0.39, 0.29) is 31.2 Å². The zero-order valence-corrected chi connectivity index (χ0v) is 17.2. The van der Waals surface area contributed by atoms with Crippen molar-refractivity contribution in [2.45, 2.75) is 45.5 Å². The number of aliphatic hydroxyl groups excluding tert-OH is 1. The monoisotopic (exact) mass is 403 g/mol. The Hall–Kier alpha value is -2.48. The van der Waals surface area contributed by atoms with Crippen molar-refractivity contribution in [2.75, 3.05) is 20.3 Å². The number of nitrogens with zero attached hydrogens (tertiary/aromatic N) is 1. The number of esters is 1. The van der Waals surface area contributed by atoms with E-state index in [1.165, 1.54) is 13.2 Å². The topological polar surface area (TPSA) is 98.1 Å². The van der Waals surface area contributed by atoms with E-state index in [4.69, 9.17) is 14.2 Å². The molecule has 1 heterocycles. The van der Waals surface area contributed by atoms with Gasteiger partial charge in [0.1, 0.15) is 5.60 Å². The van der Waals surface area contributed by atoms with Crippen molar-refractivity contribution in [1.29, 1.82) is 0 Å². The highest BCUT2D eigenvalue weighted by Gasteiger charge is 2.33. The highest BCUT2D eigenvalue weighted by Crippen LogP contribution is 2.33. The molecule has 0 fully saturated rings. The van der Waals surface area contributed by atoms with Crippen LogP contribution in [0.15, 0.2) is 36.4 Å². The third kappa shape index (κ3) is 5.76. The summed E-state index contributed by atoms with van der Waals surface area (Å²) in [6, 6.07) is 11.1. The van der Waals surface area contributed by atoms with Crippen molar-refractivity contribution in [2.24, 2.45) is 0 Å². The Kier molecular flexibility index (Phi) is 8.57. The third-order valence-corrected chi connectivity index (χ3v) is 4.63. The van der Waals surface area contributed by atoms with Crippen LogP contribution in [-0.4, -0.2) is 41.5 Å². The van der Waals surface area contributed by atoms with Crippen molar-refractivity contribution in [3.05, 3.63) is 58.8 Å². The molecule has 2 aromatic rings. The number of carbonyl (C=O) groups is 1. The first-order chi connectivity index (χ1) is 14.0. The molecule has 0 spiro atoms. The van der Waals surface area contributed by atoms with Crippen molar-refractivity contribution >= 4 is 5.97 Å². The maximum absolute atomic E-state index is 12.3. The van der Waals surface area contributed by atoms with Gasteiger partial charge in [0.2, 0.25) is 5.88 Å². The summed E-state index contributed by atoms with van der Waals surface area (Å²) in [7, 11) is 1.43. The normalized spacial score (nSPS) is 13.0. The average molecular weight is 403 g/mol. The quantitative estimate of drug-likeness (QED) is 0.557. The number of hydrogen-bond donors (Lipinski definition) is 2. The zero-order chi connectivity index (χ0) is 21.3. The van der Waals surface area contributed by atoms with Gasteiger partial charge in [-0.2, -0.15) is 0 Å². The molecule has 0 aliphatic heterocycles. The summed E-state index contributed by atoms with van der Waals surface area (Å²) >= 11 is 0. The first kappa shape index (κ1) is 22.8. The first-order valence-electron chi connectivity index (χ1n) is 9.69. The Morgan fingerprint density at radius 1 is 1.17 bits per heavy atom. The summed E-state index contributed by atoms with van der Waals surface area (Å²) in [5.74, 6) is -0.459. The third-order valence-electron chi connectivity index (χ3n) is 4.63. The molecule has 1 unspecified atom stereocenters. The lowest BCUT2D eigenvalue weighted by Gasteiger charge is -2.28. The van der Waals surface area contributed by atoms with Crippen LogP contribution in [0.3, 0.4) is 0 Å². The number of hydrogen-bond acceptors (Lipinski definition) is 7. The van der Waals surface area contributed by atoms with E-state index in [0.29, 0.717) is 24.2 Å². The summed E-state index contributed by atoms with van der Waals surface area (Å²) in [6.45, 7) is 3.82. The van der Waals surface area contributed by atoms with Gasteiger partial charge in [0.05, 0.1) is 33.5 Å². The summed E-state index contributed by atoms with van der Waals surface area (Å²) in [4.78, 5) is 16.6. The molecule has 0 saturated carbocycles. The van der Waals surface area contributed by atoms with Gasteiger partial charge in [-0.25, -0.2) is 9.78 Å². The molecule has 0 bridgehead atoms. The molecule has 0 amide bonds. The maximum atomic E-state index is 12.3. The van der Waals surface area contributed by atoms with Gasteiger partial charge >= 0.3 is 5.97 Å². The van der Waals surface area contributed by atoms with Gasteiger partial charge < -0.3 is 24.4 Å². The lowest BCUT2D eigenvalue weighted by atomic mass is 9.88. The number of ether oxygens (including phenoxy) is 3. The molecule has 1 atom stereocenters. The maximum Gasteiger partial charge on any atom is 0.357 e. The Bertz CT molecular complexity index is 789. The van der Waals surface area contributed by atoms with Gasteiger partial charge in [0.25, 0.3) is 0 Å². The van der Waals surface area contributed by atoms with Crippen LogP contribution >= 0.6 is 0 Å². The van der Waals surface area contributed by atoms with E-state index in [1.54, 1.807) is 6.92 Å². The fraction of sp³-hybridized carbons (Fsp3) is 0.455. The summed E-state index contributed by atoms with van der Waals surface area (Å²) in [6.07, 6.45) is 0.905. The number of aliphatic hydroxyl groups is 2. The molecule has 1 aromatic heterocycles. The molecular formula is C22H29NO6. The predicted octanol–water partition coefficient (Wildman–Crippen LogP) is 2.96. The number of pyridine rings is 1. The average Bonchev–Trinajstić information content (AvgIpc) is 2.77. The molecule has 2 N–H and O–H groups in total. The molecular weight excluding hydrogens is 374 g/mol. The van der Waals surface area contributed by atoms with Gasteiger partial charge in [0, 0.05) is 5.56 Å². The first-order valence-corrected chi connectivity index (χ1v) is 9.69. The second-order valence-corrected chi connectivity index (χ2v) is 6.70. The lowest BCUT2D eigenvalue weighted by Crippen LogP contribution is -2.32. The van der Waals surface area contributed by atoms with Crippen LogP contribution in [0.1, 0.15) is 53.9 Å². The van der Waals surface area contributed by atoms with Crippen LogP contribution in [0.4, 0.5) is 0 Å². The predicted molar refractivity (Wildman–Crippen MR) is 108 cm³/mol. The van der Waals surface area contributed by atoms with Gasteiger partial charge in [-0.1, -0.05) is 44.2 Å². The van der Waals surface area contributed by atoms with Crippen LogP contribution in [-0.2, 0) is 28.3 Å². The molecule has 2 rings (SSSR count). The van der Waals surface area contributed by atoms with Crippen molar-refractivity contribution in [3.8, 4) is 5.88 Å². The minimum absolute atomic E-state index is 0.0115. The smallest absolute Gasteiger partial charge is 0.357 e. The molecule has 158 valence electrons. The second-order valence-electron chi connectivity index (χ2n) is 6.70. The molecule has 1 aromatic carbocycles. The van der Waals surface area contributed by atoms with E-state index >= 15 is 0 Å². The number of benzene rings is 1. The number of carbonyl (C=O) groups excluding carboxylic acids is 1. The highest BCUT2D eigenvalue weighted by atomic mass is 16.5. The van der Waals surface area contributed by atoms with Crippen LogP contribution in [0.25, 0.3) is 0 Å². The van der Waals surface area contributed by atoms with Crippen LogP contribution in [0, 0.1) is 0 Å². The van der Waals surface area contributed by atoms with Gasteiger partial charge in [-0.3, -0.25) is 0 Å². The SMILES string of the molecule is CCCOC(=O)c1cc(C(O)(CC)CO)c(COCc2ccccc2)c(OC)n1. The Balaban J connectivity index is 2.39. The van der Waals surface area contributed by atoms with Gasteiger partial charge in [-0.15, -0.1) is 0 Å². The van der Waals surface area contributed by atoms with Crippen LogP contribution in [0.5, 0.6) is 5.88 Å². The minimum Gasteiger partial charge on any atom is -0.481 e. The van der Waals surface area contributed by atoms with Crippen LogP contribution in [0.2, 0.25) is 0 Å². The van der Waals surface area contributed by atoms with Gasteiger partial charge in [-0.05, 0) is 30.0 Å². The fourth-order valence-electron chi connectivity index (χ4n) is 2.88.